The molecule has 0 radical (unpaired) electrons. The van der Waals surface area contributed by atoms with Gasteiger partial charge in [-0.3, -0.25) is 0 Å². The van der Waals surface area contributed by atoms with Crippen LogP contribution >= 0.6 is 23.8 Å². The highest BCUT2D eigenvalue weighted by atomic mass is 35.5. The van der Waals surface area contributed by atoms with Crippen molar-refractivity contribution in [2.45, 2.75) is 13.8 Å². The summed E-state index contributed by atoms with van der Waals surface area (Å²) in [6, 6.07) is 7.56. The summed E-state index contributed by atoms with van der Waals surface area (Å²) in [7, 11) is 1.28. The van der Waals surface area contributed by atoms with Crippen LogP contribution < -0.4 is 20.1 Å². The van der Waals surface area contributed by atoms with Crippen LogP contribution in [0.25, 0.3) is 0 Å². The van der Waals surface area contributed by atoms with Gasteiger partial charge in [-0.2, -0.15) is 0 Å². The summed E-state index contributed by atoms with van der Waals surface area (Å²) >= 11 is 11.0. The minimum atomic E-state index is -0.628. The number of nitrogens with one attached hydrogen (secondary N) is 2. The second-order valence-corrected chi connectivity index (χ2v) is 6.20. The summed E-state index contributed by atoms with van der Waals surface area (Å²) in [5, 5.41) is 5.68. The summed E-state index contributed by atoms with van der Waals surface area (Å²) in [5.74, 6) is -0.456. The van der Waals surface area contributed by atoms with Crippen LogP contribution in [0.4, 0.5) is 15.8 Å². The molecule has 0 aliphatic carbocycles. The normalized spacial score (nSPS) is 10.2. The topological polar surface area (TPSA) is 68.8 Å². The minimum Gasteiger partial charge on any atom is -0.490 e. The Bertz CT molecular complexity index is 879. The Kier molecular flexibility index (Phi) is 7.83. The second-order valence-electron chi connectivity index (χ2n) is 5.39. The van der Waals surface area contributed by atoms with Crippen LogP contribution in [0.2, 0.25) is 5.02 Å². The standard InChI is InChI=1S/C19H20ClFN2O4S/c1-4-26-15-10-11(18(24)25-3)9-14(17(15)27-5-2)23-19(28)22-13-8-6-7-12(20)16(13)21/h6-10H,4-5H2,1-3H3,(H2,22,23,28). The molecule has 0 aliphatic heterocycles. The van der Waals surface area contributed by atoms with Crippen molar-refractivity contribution in [3.8, 4) is 11.5 Å². The van der Waals surface area contributed by atoms with Crippen molar-refractivity contribution in [1.82, 2.24) is 0 Å². The van der Waals surface area contributed by atoms with Crippen LogP contribution in [-0.4, -0.2) is 31.4 Å². The van der Waals surface area contributed by atoms with Crippen LogP contribution in [0.1, 0.15) is 24.2 Å². The van der Waals surface area contributed by atoms with E-state index in [0.717, 1.165) is 0 Å². The van der Waals surface area contributed by atoms with Gasteiger partial charge in [0.05, 0.1) is 42.3 Å². The third kappa shape index (κ3) is 5.24. The van der Waals surface area contributed by atoms with E-state index in [1.54, 1.807) is 6.07 Å². The third-order valence-electron chi connectivity index (χ3n) is 3.51. The van der Waals surface area contributed by atoms with Gasteiger partial charge >= 0.3 is 5.97 Å². The first-order valence-electron chi connectivity index (χ1n) is 8.45. The summed E-state index contributed by atoms with van der Waals surface area (Å²) in [5.41, 5.74) is 0.721. The number of carbonyl (C=O) groups excluding carboxylic acids is 1. The van der Waals surface area contributed by atoms with Crippen molar-refractivity contribution < 1.29 is 23.4 Å². The molecule has 9 heteroatoms. The zero-order chi connectivity index (χ0) is 20.7. The van der Waals surface area contributed by atoms with Crippen LogP contribution in [0.15, 0.2) is 30.3 Å². The molecule has 0 bridgehead atoms. The monoisotopic (exact) mass is 426 g/mol. The molecule has 0 heterocycles. The summed E-state index contributed by atoms with van der Waals surface area (Å²) in [4.78, 5) is 12.0. The van der Waals surface area contributed by atoms with E-state index in [-0.39, 0.29) is 21.4 Å². The smallest absolute Gasteiger partial charge is 0.338 e. The molecule has 2 rings (SSSR count). The van der Waals surface area contributed by atoms with E-state index < -0.39 is 11.8 Å². The van der Waals surface area contributed by atoms with Crippen LogP contribution in [0.5, 0.6) is 11.5 Å². The first-order valence-corrected chi connectivity index (χ1v) is 9.23. The van der Waals surface area contributed by atoms with E-state index in [9.17, 15) is 9.18 Å². The first-order chi connectivity index (χ1) is 13.4. The predicted molar refractivity (Wildman–Crippen MR) is 111 cm³/mol. The Morgan fingerprint density at radius 1 is 1.14 bits per heavy atom. The highest BCUT2D eigenvalue weighted by Crippen LogP contribution is 2.37. The fourth-order valence-corrected chi connectivity index (χ4v) is 2.76. The molecule has 0 fully saturated rings. The largest absolute Gasteiger partial charge is 0.490 e. The van der Waals surface area contributed by atoms with Gasteiger partial charge in [0.2, 0.25) is 0 Å². The average Bonchev–Trinajstić information content (AvgIpc) is 2.67. The van der Waals surface area contributed by atoms with Gasteiger partial charge in [0.25, 0.3) is 0 Å². The molecular formula is C19H20ClFN2O4S. The van der Waals surface area contributed by atoms with E-state index in [2.05, 4.69) is 10.6 Å². The van der Waals surface area contributed by atoms with Crippen LogP contribution in [0.3, 0.4) is 0 Å². The molecule has 0 saturated heterocycles. The lowest BCUT2D eigenvalue weighted by atomic mass is 10.1. The number of halogens is 2. The number of benzene rings is 2. The molecule has 0 atom stereocenters. The van der Waals surface area contributed by atoms with Gasteiger partial charge in [-0.1, -0.05) is 17.7 Å². The van der Waals surface area contributed by atoms with Gasteiger partial charge in [-0.05, 0) is 50.3 Å². The van der Waals surface area contributed by atoms with E-state index in [1.807, 2.05) is 13.8 Å². The average molecular weight is 427 g/mol. The quantitative estimate of drug-likeness (QED) is 0.483. The SMILES string of the molecule is CCOc1cc(C(=O)OC)cc(NC(=S)Nc2cccc(Cl)c2F)c1OCC. The predicted octanol–water partition coefficient (Wildman–Crippen LogP) is 4.87. The summed E-state index contributed by atoms with van der Waals surface area (Å²) in [6.07, 6.45) is 0. The van der Waals surface area contributed by atoms with Gasteiger partial charge in [-0.25, -0.2) is 9.18 Å². The van der Waals surface area contributed by atoms with Gasteiger partial charge in [0, 0.05) is 0 Å². The fourth-order valence-electron chi connectivity index (χ4n) is 2.36. The third-order valence-corrected chi connectivity index (χ3v) is 4.01. The number of rotatable bonds is 7. The summed E-state index contributed by atoms with van der Waals surface area (Å²) < 4.78 is 30.1. The van der Waals surface area contributed by atoms with Crippen molar-refractivity contribution in [1.29, 1.82) is 0 Å². The molecule has 2 aromatic carbocycles. The maximum atomic E-state index is 14.1. The number of hydrogen-bond acceptors (Lipinski definition) is 5. The van der Waals surface area contributed by atoms with Crippen LogP contribution in [0, 0.1) is 5.82 Å². The zero-order valence-electron chi connectivity index (χ0n) is 15.6. The molecule has 0 spiro atoms. The molecule has 0 aromatic heterocycles. The Morgan fingerprint density at radius 3 is 2.46 bits per heavy atom. The Morgan fingerprint density at radius 2 is 1.82 bits per heavy atom. The number of anilines is 2. The lowest BCUT2D eigenvalue weighted by Gasteiger charge is -2.18. The molecule has 0 aliphatic rings. The van der Waals surface area contributed by atoms with Gasteiger partial charge in [0.15, 0.2) is 22.4 Å². The Hall–Kier alpha value is -2.58. The molecule has 150 valence electrons. The first kappa shape index (κ1) is 21.7. The van der Waals surface area contributed by atoms with Crippen molar-refractivity contribution in [2.24, 2.45) is 0 Å². The van der Waals surface area contributed by atoms with Gasteiger partial charge in [0.1, 0.15) is 0 Å². The molecule has 28 heavy (non-hydrogen) atoms. The van der Waals surface area contributed by atoms with Crippen molar-refractivity contribution in [2.75, 3.05) is 31.0 Å². The number of thiocarbonyl (C=S) groups is 1. The highest BCUT2D eigenvalue weighted by molar-refractivity contribution is 7.80. The molecule has 6 nitrogen and oxygen atoms in total. The van der Waals surface area contributed by atoms with Crippen molar-refractivity contribution >= 4 is 46.3 Å². The molecule has 2 aromatic rings. The number of esters is 1. The maximum Gasteiger partial charge on any atom is 0.338 e. The Balaban J connectivity index is 2.38. The number of hydrogen-bond donors (Lipinski definition) is 2. The maximum absolute atomic E-state index is 14.1. The number of ether oxygens (including phenoxy) is 3. The zero-order valence-corrected chi connectivity index (χ0v) is 17.2. The van der Waals surface area contributed by atoms with Crippen molar-refractivity contribution in [3.05, 3.63) is 46.7 Å². The van der Waals surface area contributed by atoms with E-state index >= 15 is 0 Å². The molecular weight excluding hydrogens is 407 g/mol. The van der Waals surface area contributed by atoms with E-state index in [0.29, 0.717) is 30.4 Å². The number of carbonyl (C=O) groups is 1. The molecule has 2 N–H and O–H groups in total. The van der Waals surface area contributed by atoms with E-state index in [1.165, 1.54) is 31.4 Å². The highest BCUT2D eigenvalue weighted by Gasteiger charge is 2.19. The van der Waals surface area contributed by atoms with Gasteiger partial charge in [-0.15, -0.1) is 0 Å². The summed E-state index contributed by atoms with van der Waals surface area (Å²) in [6.45, 7) is 4.34. The molecule has 0 saturated carbocycles. The fraction of sp³-hybridized carbons (Fsp3) is 0.263. The lowest BCUT2D eigenvalue weighted by Crippen LogP contribution is -2.21. The second kappa shape index (κ2) is 10.1. The minimum absolute atomic E-state index is 0.0332. The molecule has 0 amide bonds. The van der Waals surface area contributed by atoms with Gasteiger partial charge < -0.3 is 24.8 Å². The lowest BCUT2D eigenvalue weighted by molar-refractivity contribution is 0.0600. The number of methoxy groups -OCH3 is 1. The molecule has 0 unspecified atom stereocenters. The van der Waals surface area contributed by atoms with Crippen LogP contribution in [-0.2, 0) is 4.74 Å². The Labute approximate surface area is 172 Å². The van der Waals surface area contributed by atoms with E-state index in [4.69, 9.17) is 38.0 Å². The van der Waals surface area contributed by atoms with Crippen molar-refractivity contribution in [3.63, 3.8) is 0 Å².